The van der Waals surface area contributed by atoms with Gasteiger partial charge in [-0.2, -0.15) is 4.31 Å². The molecule has 1 unspecified atom stereocenters. The van der Waals surface area contributed by atoms with Crippen LogP contribution in [-0.2, 0) is 14.8 Å². The van der Waals surface area contributed by atoms with Crippen molar-refractivity contribution in [3.63, 3.8) is 0 Å². The number of nitrogens with zero attached hydrogens (tertiary/aromatic N) is 2. The van der Waals surface area contributed by atoms with Crippen LogP contribution in [-0.4, -0.2) is 63.6 Å². The normalized spacial score (nSPS) is 23.7. The summed E-state index contributed by atoms with van der Waals surface area (Å²) in [4.78, 5) is 5.08. The van der Waals surface area contributed by atoms with Gasteiger partial charge in [0.25, 0.3) is 0 Å². The topological polar surface area (TPSA) is 83.0 Å². The van der Waals surface area contributed by atoms with Crippen molar-refractivity contribution in [3.05, 3.63) is 30.3 Å². The van der Waals surface area contributed by atoms with Crippen molar-refractivity contribution < 1.29 is 13.2 Å². The van der Waals surface area contributed by atoms with Crippen LogP contribution < -0.4 is 10.6 Å². The number of nitrogens with one attached hydrogen (secondary N) is 2. The highest BCUT2D eigenvalue weighted by atomic mass is 127. The van der Waals surface area contributed by atoms with E-state index in [9.17, 15) is 8.42 Å². The van der Waals surface area contributed by atoms with Gasteiger partial charge in [-0.1, -0.05) is 18.2 Å². The van der Waals surface area contributed by atoms with Gasteiger partial charge >= 0.3 is 0 Å². The summed E-state index contributed by atoms with van der Waals surface area (Å²) in [6.45, 7) is 8.36. The minimum atomic E-state index is -3.39. The maximum absolute atomic E-state index is 12.8. The molecule has 0 bridgehead atoms. The van der Waals surface area contributed by atoms with Crippen LogP contribution in [0.15, 0.2) is 40.2 Å². The van der Waals surface area contributed by atoms with Crippen LogP contribution in [0.1, 0.15) is 39.5 Å². The highest BCUT2D eigenvalue weighted by Gasteiger charge is 2.30. The molecule has 0 amide bonds. The predicted octanol–water partition coefficient (Wildman–Crippen LogP) is 2.83. The molecule has 0 spiro atoms. The molecule has 0 aliphatic carbocycles. The third-order valence-electron chi connectivity index (χ3n) is 5.73. The Labute approximate surface area is 198 Å². The number of hydrogen-bond donors (Lipinski definition) is 2. The molecule has 2 fully saturated rings. The van der Waals surface area contributed by atoms with Gasteiger partial charge in [0, 0.05) is 32.8 Å². The lowest BCUT2D eigenvalue weighted by atomic mass is 9.98. The van der Waals surface area contributed by atoms with E-state index < -0.39 is 10.0 Å². The molecule has 0 saturated carbocycles. The molecular weight excluding hydrogens is 515 g/mol. The predicted molar refractivity (Wildman–Crippen MR) is 131 cm³/mol. The molecule has 2 heterocycles. The van der Waals surface area contributed by atoms with Crippen molar-refractivity contribution in [2.24, 2.45) is 10.9 Å². The number of sulfonamides is 1. The molecule has 0 radical (unpaired) electrons. The molecule has 3 rings (SSSR count). The molecule has 1 atom stereocenters. The average molecular weight is 551 g/mol. The molecular formula is C21H35IN4O3S. The number of piperidine rings is 1. The number of rotatable bonds is 7. The summed E-state index contributed by atoms with van der Waals surface area (Å²) in [7, 11) is -3.39. The zero-order valence-electron chi connectivity index (χ0n) is 18.0. The summed E-state index contributed by atoms with van der Waals surface area (Å²) in [6.07, 6.45) is 3.84. The van der Waals surface area contributed by atoms with Crippen LogP contribution in [0.3, 0.4) is 0 Å². The first-order chi connectivity index (χ1) is 13.9. The Bertz CT molecular complexity index is 775. The van der Waals surface area contributed by atoms with E-state index in [1.165, 1.54) is 0 Å². The smallest absolute Gasteiger partial charge is 0.243 e. The standard InChI is InChI=1S/C21H34N4O3S.HI/c1-3-22-20(24-17-21(2)12-7-15-28-21)23-16-18-10-13-25(14-11-18)29(26,27)19-8-5-4-6-9-19;/h4-6,8-9,18H,3,7,10-17H2,1-2H3,(H2,22,23,24);1H. The van der Waals surface area contributed by atoms with Gasteiger partial charge in [-0.15, -0.1) is 24.0 Å². The summed E-state index contributed by atoms with van der Waals surface area (Å²) in [6, 6.07) is 8.69. The van der Waals surface area contributed by atoms with Gasteiger partial charge in [0.15, 0.2) is 5.96 Å². The quantitative estimate of drug-likeness (QED) is 0.310. The summed E-state index contributed by atoms with van der Waals surface area (Å²) in [5, 5.41) is 6.73. The van der Waals surface area contributed by atoms with Crippen LogP contribution in [0.4, 0.5) is 0 Å². The van der Waals surface area contributed by atoms with Crippen LogP contribution in [0.25, 0.3) is 0 Å². The van der Waals surface area contributed by atoms with Crippen molar-refractivity contribution in [1.29, 1.82) is 0 Å². The molecule has 2 N–H and O–H groups in total. The lowest BCUT2D eigenvalue weighted by Gasteiger charge is -2.31. The summed E-state index contributed by atoms with van der Waals surface area (Å²) >= 11 is 0. The second kappa shape index (κ2) is 11.6. The van der Waals surface area contributed by atoms with E-state index in [0.29, 0.717) is 30.4 Å². The summed E-state index contributed by atoms with van der Waals surface area (Å²) in [5.41, 5.74) is -0.153. The molecule has 30 heavy (non-hydrogen) atoms. The number of aliphatic imine (C=N–C) groups is 1. The van der Waals surface area contributed by atoms with Gasteiger partial charge < -0.3 is 15.4 Å². The number of ether oxygens (including phenoxy) is 1. The zero-order chi connectivity index (χ0) is 20.7. The molecule has 1 aromatic carbocycles. The average Bonchev–Trinajstić information content (AvgIpc) is 3.18. The third kappa shape index (κ3) is 6.80. The van der Waals surface area contributed by atoms with E-state index in [-0.39, 0.29) is 29.6 Å². The fraction of sp³-hybridized carbons (Fsp3) is 0.667. The fourth-order valence-corrected chi connectivity index (χ4v) is 5.38. The van der Waals surface area contributed by atoms with Gasteiger partial charge in [0.2, 0.25) is 10.0 Å². The van der Waals surface area contributed by atoms with E-state index in [2.05, 4.69) is 24.5 Å². The number of hydrogen-bond acceptors (Lipinski definition) is 4. The fourth-order valence-electron chi connectivity index (χ4n) is 3.89. The Morgan fingerprint density at radius 1 is 1.23 bits per heavy atom. The minimum absolute atomic E-state index is 0. The number of guanidine groups is 1. The summed E-state index contributed by atoms with van der Waals surface area (Å²) < 4.78 is 32.9. The highest BCUT2D eigenvalue weighted by Crippen LogP contribution is 2.25. The SMILES string of the molecule is CCNC(=NCC1(C)CCCO1)NCC1CCN(S(=O)(=O)c2ccccc2)CC1.I. The van der Waals surface area contributed by atoms with Gasteiger partial charge in [-0.05, 0) is 57.6 Å². The molecule has 9 heteroatoms. The van der Waals surface area contributed by atoms with Gasteiger partial charge in [0.05, 0.1) is 17.0 Å². The maximum Gasteiger partial charge on any atom is 0.243 e. The third-order valence-corrected chi connectivity index (χ3v) is 7.64. The zero-order valence-corrected chi connectivity index (χ0v) is 21.1. The minimum Gasteiger partial charge on any atom is -0.373 e. The Morgan fingerprint density at radius 3 is 2.53 bits per heavy atom. The van der Waals surface area contributed by atoms with Gasteiger partial charge in [-0.3, -0.25) is 4.99 Å². The monoisotopic (exact) mass is 550 g/mol. The van der Waals surface area contributed by atoms with E-state index in [1.807, 2.05) is 6.07 Å². The van der Waals surface area contributed by atoms with Crippen molar-refractivity contribution in [2.75, 3.05) is 39.3 Å². The van der Waals surface area contributed by atoms with Gasteiger partial charge in [-0.25, -0.2) is 8.42 Å². The molecule has 1 aromatic rings. The van der Waals surface area contributed by atoms with E-state index in [0.717, 1.165) is 51.3 Å². The van der Waals surface area contributed by atoms with Crippen LogP contribution >= 0.6 is 24.0 Å². The van der Waals surface area contributed by atoms with Crippen LogP contribution in [0.5, 0.6) is 0 Å². The molecule has 2 aliphatic heterocycles. The van der Waals surface area contributed by atoms with E-state index in [1.54, 1.807) is 28.6 Å². The highest BCUT2D eigenvalue weighted by molar-refractivity contribution is 14.0. The van der Waals surface area contributed by atoms with E-state index >= 15 is 0 Å². The molecule has 2 saturated heterocycles. The first-order valence-corrected chi connectivity index (χ1v) is 12.1. The number of halogens is 1. The second-order valence-electron chi connectivity index (χ2n) is 8.14. The first-order valence-electron chi connectivity index (χ1n) is 10.6. The summed E-state index contributed by atoms with van der Waals surface area (Å²) in [5.74, 6) is 1.24. The first kappa shape index (κ1) is 25.4. The van der Waals surface area contributed by atoms with Crippen LogP contribution in [0.2, 0.25) is 0 Å². The second-order valence-corrected chi connectivity index (χ2v) is 10.1. The Morgan fingerprint density at radius 2 is 1.93 bits per heavy atom. The van der Waals surface area contributed by atoms with Crippen molar-refractivity contribution in [3.8, 4) is 0 Å². The maximum atomic E-state index is 12.8. The van der Waals surface area contributed by atoms with Crippen LogP contribution in [0, 0.1) is 5.92 Å². The Kier molecular flexibility index (Phi) is 9.83. The largest absolute Gasteiger partial charge is 0.373 e. The van der Waals surface area contributed by atoms with Gasteiger partial charge in [0.1, 0.15) is 0 Å². The number of benzene rings is 1. The Hall–Kier alpha value is -0.910. The molecule has 2 aliphatic rings. The van der Waals surface area contributed by atoms with Crippen molar-refractivity contribution in [1.82, 2.24) is 14.9 Å². The Balaban J connectivity index is 0.00000320. The lowest BCUT2D eigenvalue weighted by Crippen LogP contribution is -2.44. The molecule has 7 nitrogen and oxygen atoms in total. The van der Waals surface area contributed by atoms with E-state index in [4.69, 9.17) is 9.73 Å². The lowest BCUT2D eigenvalue weighted by molar-refractivity contribution is 0.0283. The molecule has 170 valence electrons. The van der Waals surface area contributed by atoms with Crippen molar-refractivity contribution >= 4 is 40.0 Å². The molecule has 0 aromatic heterocycles. The van der Waals surface area contributed by atoms with Crippen molar-refractivity contribution in [2.45, 2.75) is 50.0 Å².